The van der Waals surface area contributed by atoms with Crippen LogP contribution in [0, 0.1) is 5.92 Å². The van der Waals surface area contributed by atoms with Gasteiger partial charge >= 0.3 is 6.09 Å². The first-order valence-corrected chi connectivity index (χ1v) is 13.4. The Morgan fingerprint density at radius 3 is 2.00 bits per heavy atom. The molecule has 0 saturated carbocycles. The third kappa shape index (κ3) is 9.57. The number of ether oxygens (including phenoxy) is 2. The van der Waals surface area contributed by atoms with E-state index >= 15 is 0 Å². The number of carboxylic acid groups (broad SMARTS) is 2. The maximum Gasteiger partial charge on any atom is 0.409 e. The molecule has 2 aliphatic rings. The predicted molar refractivity (Wildman–Crippen MR) is 140 cm³/mol. The van der Waals surface area contributed by atoms with Crippen LogP contribution in [0.1, 0.15) is 30.9 Å². The molecular weight excluding hydrogens is 518 g/mol. The number of aliphatic carboxylic acids is 2. The van der Waals surface area contributed by atoms with Crippen LogP contribution in [0.15, 0.2) is 54.6 Å². The summed E-state index contributed by atoms with van der Waals surface area (Å²) < 4.78 is 11.0. The molecule has 0 bridgehead atoms. The van der Waals surface area contributed by atoms with Crippen LogP contribution >= 0.6 is 0 Å². The number of carbonyl (C=O) groups excluding carboxylic acids is 4. The summed E-state index contributed by atoms with van der Waals surface area (Å²) in [4.78, 5) is 48.8. The van der Waals surface area contributed by atoms with Gasteiger partial charge in [-0.25, -0.2) is 4.79 Å². The highest BCUT2D eigenvalue weighted by Gasteiger charge is 2.31. The minimum atomic E-state index is -2.19. The fraction of sp³-hybridized carbons (Fsp3) is 0.448. The SMILES string of the molecule is CCOC(=O)N1CCN(C(=O)C2CCN(Cc3cccc(OCc4ccccc4)c3)CC2)CC1.O=C([O-])C(=O)[O-]. The molecule has 2 saturated heterocycles. The van der Waals surface area contributed by atoms with Gasteiger partial charge in [-0.2, -0.15) is 0 Å². The monoisotopic (exact) mass is 553 g/mol. The third-order valence-electron chi connectivity index (χ3n) is 6.77. The van der Waals surface area contributed by atoms with Crippen molar-refractivity contribution in [2.24, 2.45) is 5.92 Å². The topological polar surface area (TPSA) is 143 Å². The lowest BCUT2D eigenvalue weighted by Crippen LogP contribution is -2.53. The molecule has 0 unspecified atom stereocenters. The molecular formula is C29H35N3O8-2. The third-order valence-corrected chi connectivity index (χ3v) is 6.77. The fourth-order valence-corrected chi connectivity index (χ4v) is 4.65. The van der Waals surface area contributed by atoms with Crippen LogP contribution in [0.4, 0.5) is 4.79 Å². The molecule has 216 valence electrons. The molecule has 0 radical (unpaired) electrons. The van der Waals surface area contributed by atoms with Gasteiger partial charge in [0.05, 0.1) is 18.5 Å². The van der Waals surface area contributed by atoms with E-state index in [-0.39, 0.29) is 17.9 Å². The van der Waals surface area contributed by atoms with Crippen molar-refractivity contribution >= 4 is 23.9 Å². The van der Waals surface area contributed by atoms with E-state index in [1.54, 1.807) is 11.8 Å². The Labute approximate surface area is 233 Å². The van der Waals surface area contributed by atoms with Gasteiger partial charge < -0.3 is 39.1 Å². The van der Waals surface area contributed by atoms with Crippen molar-refractivity contribution in [2.45, 2.75) is 32.9 Å². The van der Waals surface area contributed by atoms with E-state index in [2.05, 4.69) is 29.2 Å². The van der Waals surface area contributed by atoms with Gasteiger partial charge in [0.15, 0.2) is 0 Å². The van der Waals surface area contributed by atoms with E-state index < -0.39 is 11.9 Å². The Kier molecular flexibility index (Phi) is 11.8. The van der Waals surface area contributed by atoms with E-state index in [0.29, 0.717) is 39.4 Å². The number of piperidine rings is 1. The van der Waals surface area contributed by atoms with Crippen LogP contribution in [0.5, 0.6) is 5.75 Å². The molecule has 0 aromatic heterocycles. The van der Waals surface area contributed by atoms with Crippen LogP contribution in [0.3, 0.4) is 0 Å². The van der Waals surface area contributed by atoms with Crippen LogP contribution < -0.4 is 14.9 Å². The second kappa shape index (κ2) is 15.5. The minimum absolute atomic E-state index is 0.0749. The van der Waals surface area contributed by atoms with E-state index in [1.165, 1.54) is 5.56 Å². The zero-order valence-corrected chi connectivity index (χ0v) is 22.7. The number of carboxylic acids is 2. The molecule has 0 N–H and O–H groups in total. The Bertz CT molecular complexity index is 1120. The summed E-state index contributed by atoms with van der Waals surface area (Å²) in [6, 6.07) is 18.5. The number of carbonyl (C=O) groups is 4. The highest BCUT2D eigenvalue weighted by Crippen LogP contribution is 2.23. The highest BCUT2D eigenvalue weighted by atomic mass is 16.6. The first kappa shape index (κ1) is 30.4. The maximum absolute atomic E-state index is 13.0. The summed E-state index contributed by atoms with van der Waals surface area (Å²) in [5.74, 6) is -3.18. The van der Waals surface area contributed by atoms with Crippen molar-refractivity contribution in [3.63, 3.8) is 0 Å². The Morgan fingerprint density at radius 2 is 1.40 bits per heavy atom. The van der Waals surface area contributed by atoms with Gasteiger partial charge in [0.25, 0.3) is 0 Å². The number of likely N-dealkylation sites (tertiary alicyclic amines) is 1. The number of piperazine rings is 1. The fourth-order valence-electron chi connectivity index (χ4n) is 4.65. The summed E-state index contributed by atoms with van der Waals surface area (Å²) in [6.45, 7) is 7.71. The first-order chi connectivity index (χ1) is 19.3. The summed E-state index contributed by atoms with van der Waals surface area (Å²) in [6.07, 6.45) is 1.47. The van der Waals surface area contributed by atoms with E-state index in [1.807, 2.05) is 35.2 Å². The standard InChI is InChI=1S/C27H35N3O4.C2H2O4/c1-2-33-27(32)30-17-15-29(16-18-30)26(31)24-11-13-28(14-12-24)20-23-9-6-10-25(19-23)34-21-22-7-4-3-5-8-22;3-1(4)2(5)6/h3-10,19,24H,2,11-18,20-21H2,1H3;(H,3,4)(H,5,6)/p-2. The van der Waals surface area contributed by atoms with Crippen LogP contribution in [-0.2, 0) is 32.3 Å². The normalized spacial score (nSPS) is 15.9. The van der Waals surface area contributed by atoms with Crippen molar-refractivity contribution in [3.05, 3.63) is 65.7 Å². The Balaban J connectivity index is 0.000000663. The largest absolute Gasteiger partial charge is 0.543 e. The molecule has 2 aromatic carbocycles. The van der Waals surface area contributed by atoms with Gasteiger partial charge in [0.2, 0.25) is 5.91 Å². The van der Waals surface area contributed by atoms with Gasteiger partial charge in [-0.05, 0) is 56.1 Å². The molecule has 0 atom stereocenters. The average molecular weight is 554 g/mol. The van der Waals surface area contributed by atoms with Gasteiger partial charge in [0.1, 0.15) is 12.4 Å². The smallest absolute Gasteiger partial charge is 0.409 e. The van der Waals surface area contributed by atoms with E-state index in [9.17, 15) is 9.59 Å². The van der Waals surface area contributed by atoms with Crippen molar-refractivity contribution in [3.8, 4) is 5.75 Å². The second-order valence-corrected chi connectivity index (χ2v) is 9.56. The number of nitrogens with zero attached hydrogens (tertiary/aromatic N) is 3. The lowest BCUT2D eigenvalue weighted by molar-refractivity contribution is -0.345. The van der Waals surface area contributed by atoms with E-state index in [0.717, 1.165) is 43.8 Å². The molecule has 0 aliphatic carbocycles. The molecule has 2 aromatic rings. The molecule has 2 fully saturated rings. The second-order valence-electron chi connectivity index (χ2n) is 9.56. The Morgan fingerprint density at radius 1 is 0.800 bits per heavy atom. The van der Waals surface area contributed by atoms with Crippen LogP contribution in [0.2, 0.25) is 0 Å². The summed E-state index contributed by atoms with van der Waals surface area (Å²) >= 11 is 0. The summed E-state index contributed by atoms with van der Waals surface area (Å²) in [5.41, 5.74) is 2.38. The van der Waals surface area contributed by atoms with Crippen LogP contribution in [-0.4, -0.2) is 84.5 Å². The number of hydrogen-bond donors (Lipinski definition) is 0. The lowest BCUT2D eigenvalue weighted by atomic mass is 9.94. The van der Waals surface area contributed by atoms with Crippen molar-refractivity contribution < 1.29 is 38.9 Å². The highest BCUT2D eigenvalue weighted by molar-refractivity contribution is 6.25. The molecule has 4 rings (SSSR count). The van der Waals surface area contributed by atoms with Crippen LogP contribution in [0.25, 0.3) is 0 Å². The zero-order chi connectivity index (χ0) is 28.9. The molecule has 40 heavy (non-hydrogen) atoms. The zero-order valence-electron chi connectivity index (χ0n) is 22.7. The average Bonchev–Trinajstić information content (AvgIpc) is 2.97. The summed E-state index contributed by atoms with van der Waals surface area (Å²) in [7, 11) is 0. The molecule has 11 nitrogen and oxygen atoms in total. The van der Waals surface area contributed by atoms with Gasteiger partial charge in [0, 0.05) is 38.6 Å². The number of hydrogen-bond acceptors (Lipinski definition) is 9. The lowest BCUT2D eigenvalue weighted by Gasteiger charge is -2.38. The first-order valence-electron chi connectivity index (χ1n) is 13.4. The number of rotatable bonds is 7. The van der Waals surface area contributed by atoms with Crippen molar-refractivity contribution in [2.75, 3.05) is 45.9 Å². The van der Waals surface area contributed by atoms with Gasteiger partial charge in [-0.3, -0.25) is 9.69 Å². The molecule has 11 heteroatoms. The molecule has 2 aliphatic heterocycles. The van der Waals surface area contributed by atoms with Crippen molar-refractivity contribution in [1.82, 2.24) is 14.7 Å². The number of benzene rings is 2. The quantitative estimate of drug-likeness (QED) is 0.441. The Hall–Kier alpha value is -4.12. The van der Waals surface area contributed by atoms with Gasteiger partial charge in [-0.15, -0.1) is 0 Å². The van der Waals surface area contributed by atoms with Gasteiger partial charge in [-0.1, -0.05) is 42.5 Å². The molecule has 2 amide bonds. The number of amides is 2. The van der Waals surface area contributed by atoms with E-state index in [4.69, 9.17) is 29.3 Å². The summed E-state index contributed by atoms with van der Waals surface area (Å²) in [5, 5.41) is 17.9. The maximum atomic E-state index is 13.0. The minimum Gasteiger partial charge on any atom is -0.543 e. The predicted octanol–water partition coefficient (Wildman–Crippen LogP) is 0.265. The molecule has 0 spiro atoms. The molecule has 2 heterocycles. The van der Waals surface area contributed by atoms with Crippen molar-refractivity contribution in [1.29, 1.82) is 0 Å².